The van der Waals surface area contributed by atoms with Gasteiger partial charge in [0.1, 0.15) is 5.82 Å². The summed E-state index contributed by atoms with van der Waals surface area (Å²) >= 11 is 0. The number of ether oxygens (including phenoxy) is 1. The zero-order valence-corrected chi connectivity index (χ0v) is 11.3. The van der Waals surface area contributed by atoms with Crippen LogP contribution in [0.3, 0.4) is 0 Å². The Morgan fingerprint density at radius 2 is 2.00 bits per heavy atom. The second-order valence-electron chi connectivity index (χ2n) is 4.49. The van der Waals surface area contributed by atoms with Gasteiger partial charge in [-0.25, -0.2) is 4.98 Å². The molecule has 0 aliphatic carbocycles. The molecule has 2 aromatic rings. The van der Waals surface area contributed by atoms with Gasteiger partial charge in [-0.3, -0.25) is 0 Å². The summed E-state index contributed by atoms with van der Waals surface area (Å²) in [6, 6.07) is 10.1. The minimum Gasteiger partial charge on any atom is -0.397 e. The maximum Gasteiger partial charge on any atom is 0.129 e. The maximum atomic E-state index is 5.69. The fourth-order valence-corrected chi connectivity index (χ4v) is 1.99. The lowest BCUT2D eigenvalue weighted by Gasteiger charge is -2.12. The molecule has 0 amide bonds. The van der Waals surface area contributed by atoms with Crippen LogP contribution in [0.25, 0.3) is 0 Å². The second-order valence-corrected chi connectivity index (χ2v) is 4.49. The Balaban J connectivity index is 2.10. The predicted molar refractivity (Wildman–Crippen MR) is 77.9 cm³/mol. The molecular weight excluding hydrogens is 238 g/mol. The smallest absolute Gasteiger partial charge is 0.129 e. The van der Waals surface area contributed by atoms with Crippen LogP contribution >= 0.6 is 0 Å². The van der Waals surface area contributed by atoms with Gasteiger partial charge in [0.05, 0.1) is 18.5 Å². The first-order valence-electron chi connectivity index (χ1n) is 6.22. The lowest BCUT2D eigenvalue weighted by Crippen LogP contribution is -2.06. The van der Waals surface area contributed by atoms with Crippen LogP contribution in [0, 0.1) is 6.92 Å². The molecule has 3 N–H and O–H groups in total. The summed E-state index contributed by atoms with van der Waals surface area (Å²) in [4.78, 5) is 4.30. The third-order valence-corrected chi connectivity index (χ3v) is 2.96. The van der Waals surface area contributed by atoms with Gasteiger partial charge in [-0.1, -0.05) is 24.3 Å². The van der Waals surface area contributed by atoms with Crippen molar-refractivity contribution in [3.8, 4) is 0 Å². The summed E-state index contributed by atoms with van der Waals surface area (Å²) in [6.07, 6.45) is 1.66. The van der Waals surface area contributed by atoms with Gasteiger partial charge in [0.15, 0.2) is 0 Å². The summed E-state index contributed by atoms with van der Waals surface area (Å²) in [7, 11) is 1.70. The van der Waals surface area contributed by atoms with Crippen LogP contribution in [0.1, 0.15) is 16.7 Å². The van der Waals surface area contributed by atoms with Crippen LogP contribution in [0.2, 0.25) is 0 Å². The third-order valence-electron chi connectivity index (χ3n) is 2.96. The quantitative estimate of drug-likeness (QED) is 0.864. The Kier molecular flexibility index (Phi) is 4.36. The lowest BCUT2D eigenvalue weighted by atomic mass is 10.1. The molecule has 100 valence electrons. The molecule has 0 fully saturated rings. The summed E-state index contributed by atoms with van der Waals surface area (Å²) in [5.41, 5.74) is 9.82. The predicted octanol–water partition coefficient (Wildman–Crippen LogP) is 2.73. The van der Waals surface area contributed by atoms with Gasteiger partial charge in [0, 0.05) is 13.7 Å². The number of rotatable bonds is 5. The van der Waals surface area contributed by atoms with Gasteiger partial charge in [0.2, 0.25) is 0 Å². The van der Waals surface area contributed by atoms with Crippen LogP contribution in [-0.4, -0.2) is 12.1 Å². The Morgan fingerprint density at radius 3 is 2.68 bits per heavy atom. The van der Waals surface area contributed by atoms with E-state index < -0.39 is 0 Å². The number of anilines is 2. The summed E-state index contributed by atoms with van der Waals surface area (Å²) in [6.45, 7) is 3.33. The van der Waals surface area contributed by atoms with Crippen molar-refractivity contribution in [1.82, 2.24) is 4.98 Å². The molecule has 19 heavy (non-hydrogen) atoms. The first kappa shape index (κ1) is 13.4. The van der Waals surface area contributed by atoms with Gasteiger partial charge < -0.3 is 15.8 Å². The van der Waals surface area contributed by atoms with Crippen LogP contribution in [0.5, 0.6) is 0 Å². The lowest BCUT2D eigenvalue weighted by molar-refractivity contribution is 0.184. The highest BCUT2D eigenvalue weighted by atomic mass is 16.5. The molecule has 1 heterocycles. The number of pyridine rings is 1. The van der Waals surface area contributed by atoms with E-state index in [-0.39, 0.29) is 0 Å². The van der Waals surface area contributed by atoms with Crippen molar-refractivity contribution in [2.24, 2.45) is 0 Å². The molecule has 0 aliphatic heterocycles. The van der Waals surface area contributed by atoms with Crippen LogP contribution in [-0.2, 0) is 17.9 Å². The average molecular weight is 257 g/mol. The molecule has 2 rings (SSSR count). The number of nitrogens with zero attached hydrogens (tertiary/aromatic N) is 1. The van der Waals surface area contributed by atoms with Crippen LogP contribution < -0.4 is 11.1 Å². The van der Waals surface area contributed by atoms with E-state index >= 15 is 0 Å². The highest BCUT2D eigenvalue weighted by Crippen LogP contribution is 2.16. The molecule has 0 saturated heterocycles. The fourth-order valence-electron chi connectivity index (χ4n) is 1.99. The molecule has 4 nitrogen and oxygen atoms in total. The van der Waals surface area contributed by atoms with Crippen LogP contribution in [0.4, 0.5) is 11.5 Å². The zero-order chi connectivity index (χ0) is 13.7. The molecule has 1 aromatic heterocycles. The third kappa shape index (κ3) is 3.45. The first-order valence-corrected chi connectivity index (χ1v) is 6.22. The fraction of sp³-hybridized carbons (Fsp3) is 0.267. The number of nitrogens with two attached hydrogens (primary N) is 1. The largest absolute Gasteiger partial charge is 0.397 e. The number of aryl methyl sites for hydroxylation is 1. The van der Waals surface area contributed by atoms with Crippen molar-refractivity contribution < 1.29 is 4.74 Å². The van der Waals surface area contributed by atoms with E-state index in [4.69, 9.17) is 10.5 Å². The Hall–Kier alpha value is -2.07. The van der Waals surface area contributed by atoms with E-state index in [1.165, 1.54) is 11.1 Å². The van der Waals surface area contributed by atoms with E-state index in [2.05, 4.69) is 22.4 Å². The topological polar surface area (TPSA) is 60.2 Å². The highest BCUT2D eigenvalue weighted by molar-refractivity contribution is 5.51. The van der Waals surface area contributed by atoms with E-state index in [9.17, 15) is 0 Å². The van der Waals surface area contributed by atoms with Crippen molar-refractivity contribution in [3.05, 3.63) is 53.2 Å². The van der Waals surface area contributed by atoms with E-state index in [0.29, 0.717) is 12.3 Å². The van der Waals surface area contributed by atoms with Gasteiger partial charge in [-0.15, -0.1) is 0 Å². The minimum atomic E-state index is 0.617. The summed E-state index contributed by atoms with van der Waals surface area (Å²) < 4.78 is 5.20. The Bertz CT molecular complexity index is 555. The second kappa shape index (κ2) is 6.20. The van der Waals surface area contributed by atoms with E-state index in [1.807, 2.05) is 25.1 Å². The monoisotopic (exact) mass is 257 g/mol. The molecule has 1 aromatic carbocycles. The molecule has 0 aliphatic rings. The van der Waals surface area contributed by atoms with Gasteiger partial charge in [-0.05, 0) is 29.7 Å². The van der Waals surface area contributed by atoms with E-state index in [1.54, 1.807) is 13.3 Å². The molecular formula is C15H19N3O. The molecule has 0 bridgehead atoms. The number of hydrogen-bond donors (Lipinski definition) is 2. The molecule has 0 unspecified atom stereocenters. The SMILES string of the molecule is COCc1ccccc1CNc1ncc(N)cc1C. The van der Waals surface area contributed by atoms with Crippen LogP contribution in [0.15, 0.2) is 36.5 Å². The van der Waals surface area contributed by atoms with E-state index in [0.717, 1.165) is 17.9 Å². The number of benzene rings is 1. The number of nitrogens with one attached hydrogen (secondary N) is 1. The standard InChI is InChI=1S/C15H19N3O/c1-11-7-14(16)9-18-15(11)17-8-12-5-3-4-6-13(12)10-19-2/h3-7,9H,8,10,16H2,1-2H3,(H,17,18). The molecule has 0 spiro atoms. The molecule has 0 atom stereocenters. The van der Waals surface area contributed by atoms with Gasteiger partial charge >= 0.3 is 0 Å². The van der Waals surface area contributed by atoms with Gasteiger partial charge in [-0.2, -0.15) is 0 Å². The first-order chi connectivity index (χ1) is 9.20. The molecule has 4 heteroatoms. The molecule has 0 radical (unpaired) electrons. The normalized spacial score (nSPS) is 10.4. The number of nitrogen functional groups attached to an aromatic ring is 1. The van der Waals surface area contributed by atoms with Crippen molar-refractivity contribution in [2.75, 3.05) is 18.2 Å². The van der Waals surface area contributed by atoms with Gasteiger partial charge in [0.25, 0.3) is 0 Å². The summed E-state index contributed by atoms with van der Waals surface area (Å²) in [5.74, 6) is 0.862. The Morgan fingerprint density at radius 1 is 1.26 bits per heavy atom. The van der Waals surface area contributed by atoms with Crippen molar-refractivity contribution in [2.45, 2.75) is 20.1 Å². The zero-order valence-electron chi connectivity index (χ0n) is 11.3. The van der Waals surface area contributed by atoms with Crippen molar-refractivity contribution in [3.63, 3.8) is 0 Å². The number of methoxy groups -OCH3 is 1. The van der Waals surface area contributed by atoms with Crippen molar-refractivity contribution >= 4 is 11.5 Å². The molecule has 0 saturated carbocycles. The minimum absolute atomic E-state index is 0.617. The highest BCUT2D eigenvalue weighted by Gasteiger charge is 2.04. The average Bonchev–Trinajstić information content (AvgIpc) is 2.40. The Labute approximate surface area is 113 Å². The number of hydrogen-bond acceptors (Lipinski definition) is 4. The van der Waals surface area contributed by atoms with Crippen molar-refractivity contribution in [1.29, 1.82) is 0 Å². The summed E-state index contributed by atoms with van der Waals surface area (Å²) in [5, 5.41) is 3.33. The maximum absolute atomic E-state index is 5.69. The number of aromatic nitrogens is 1.